The zero-order valence-corrected chi connectivity index (χ0v) is 17.4. The van der Waals surface area contributed by atoms with Crippen molar-refractivity contribution in [3.05, 3.63) is 62.8 Å². The molecule has 4 rings (SSSR count). The fourth-order valence-corrected chi connectivity index (χ4v) is 4.38. The summed E-state index contributed by atoms with van der Waals surface area (Å²) in [6.45, 7) is 1.57. The summed E-state index contributed by atoms with van der Waals surface area (Å²) in [6.07, 6.45) is 0. The quantitative estimate of drug-likeness (QED) is 0.440. The van der Waals surface area contributed by atoms with Crippen molar-refractivity contribution in [3.8, 4) is 0 Å². The number of benzene rings is 2. The average Bonchev–Trinajstić information content (AvgIpc) is 3.19. The van der Waals surface area contributed by atoms with E-state index in [0.717, 1.165) is 4.70 Å². The van der Waals surface area contributed by atoms with Crippen molar-refractivity contribution in [1.29, 1.82) is 0 Å². The molecule has 0 saturated carbocycles. The number of thiazole rings is 1. The van der Waals surface area contributed by atoms with Gasteiger partial charge in [-0.25, -0.2) is 4.79 Å². The van der Waals surface area contributed by atoms with Crippen LogP contribution >= 0.6 is 22.9 Å². The molecule has 2 aromatic heterocycles. The predicted molar refractivity (Wildman–Crippen MR) is 113 cm³/mol. The van der Waals surface area contributed by atoms with E-state index in [1.807, 2.05) is 0 Å². The number of para-hydroxylation sites is 2. The largest absolute Gasteiger partial charge is 0.465 e. The first kappa shape index (κ1) is 20.1. The summed E-state index contributed by atoms with van der Waals surface area (Å²) in [5, 5.41) is 0.529. The maximum Gasteiger partial charge on any atom is 0.420 e. The van der Waals surface area contributed by atoms with Gasteiger partial charge in [-0.3, -0.25) is 14.2 Å². The van der Waals surface area contributed by atoms with Gasteiger partial charge in [0.15, 0.2) is 10.4 Å². The number of aromatic nitrogens is 2. The molecule has 0 spiro atoms. The Bertz CT molecular complexity index is 1390. The minimum absolute atomic E-state index is 0.101. The number of nitrogens with zero attached hydrogens (tertiary/aromatic N) is 3. The number of amides is 1. The average molecular weight is 446 g/mol. The molecule has 0 unspecified atom stereocenters. The van der Waals surface area contributed by atoms with Crippen molar-refractivity contribution in [2.45, 2.75) is 20.0 Å². The van der Waals surface area contributed by atoms with E-state index < -0.39 is 17.6 Å². The molecular formula is C20H16ClN3O5S. The van der Waals surface area contributed by atoms with Crippen LogP contribution in [0.1, 0.15) is 6.92 Å². The molecule has 2 aromatic carbocycles. The number of halogens is 1. The van der Waals surface area contributed by atoms with Gasteiger partial charge in [-0.15, -0.1) is 0 Å². The molecule has 1 amide bonds. The lowest BCUT2D eigenvalue weighted by Crippen LogP contribution is -2.25. The van der Waals surface area contributed by atoms with Gasteiger partial charge in [0.25, 0.3) is 5.91 Å². The Morgan fingerprint density at radius 1 is 1.13 bits per heavy atom. The van der Waals surface area contributed by atoms with E-state index in [9.17, 15) is 14.4 Å². The summed E-state index contributed by atoms with van der Waals surface area (Å²) in [5.41, 5.74) is 1.60. The highest BCUT2D eigenvalue weighted by molar-refractivity contribution is 7.16. The Morgan fingerprint density at radius 3 is 2.73 bits per heavy atom. The third-order valence-electron chi connectivity index (χ3n) is 4.32. The van der Waals surface area contributed by atoms with Gasteiger partial charge >= 0.3 is 11.7 Å². The number of esters is 1. The normalized spacial score (nSPS) is 12.0. The molecule has 4 aromatic rings. The molecule has 154 valence electrons. The molecule has 8 nitrogen and oxygen atoms in total. The zero-order chi connectivity index (χ0) is 21.3. The molecule has 0 atom stereocenters. The highest BCUT2D eigenvalue weighted by atomic mass is 35.5. The van der Waals surface area contributed by atoms with Crippen LogP contribution in [0.15, 0.2) is 56.7 Å². The third kappa shape index (κ3) is 3.94. The summed E-state index contributed by atoms with van der Waals surface area (Å²) in [4.78, 5) is 41.3. The van der Waals surface area contributed by atoms with E-state index in [0.29, 0.717) is 26.4 Å². The maximum atomic E-state index is 12.7. The molecule has 30 heavy (non-hydrogen) atoms. The molecule has 0 aliphatic rings. The fourth-order valence-electron chi connectivity index (χ4n) is 3.06. The first-order chi connectivity index (χ1) is 14.5. The van der Waals surface area contributed by atoms with Gasteiger partial charge in [-0.1, -0.05) is 35.1 Å². The van der Waals surface area contributed by atoms with Gasteiger partial charge in [-0.05, 0) is 37.3 Å². The zero-order valence-electron chi connectivity index (χ0n) is 15.8. The van der Waals surface area contributed by atoms with E-state index in [4.69, 9.17) is 20.8 Å². The lowest BCUT2D eigenvalue weighted by molar-refractivity contribution is -0.143. The number of hydrogen-bond acceptors (Lipinski definition) is 6. The van der Waals surface area contributed by atoms with Crippen molar-refractivity contribution in [2.75, 3.05) is 6.61 Å². The lowest BCUT2D eigenvalue weighted by Gasteiger charge is -2.05. The third-order valence-corrected chi connectivity index (χ3v) is 5.60. The summed E-state index contributed by atoms with van der Waals surface area (Å²) < 4.78 is 13.8. The molecule has 0 saturated heterocycles. The second-order valence-corrected chi connectivity index (χ2v) is 7.76. The number of fused-ring (bicyclic) bond motifs is 2. The molecule has 0 aliphatic carbocycles. The topological polar surface area (TPSA) is 95.8 Å². The van der Waals surface area contributed by atoms with E-state index in [2.05, 4.69) is 4.99 Å². The number of carbonyl (C=O) groups is 2. The highest BCUT2D eigenvalue weighted by Gasteiger charge is 2.15. The summed E-state index contributed by atoms with van der Waals surface area (Å²) in [5.74, 6) is -1.64. The number of rotatable bonds is 5. The summed E-state index contributed by atoms with van der Waals surface area (Å²) in [7, 11) is 0. The van der Waals surface area contributed by atoms with Crippen molar-refractivity contribution < 1.29 is 18.7 Å². The number of ether oxygens (including phenoxy) is 1. The van der Waals surface area contributed by atoms with Crippen molar-refractivity contribution in [3.63, 3.8) is 0 Å². The Balaban J connectivity index is 1.75. The lowest BCUT2D eigenvalue weighted by atomic mass is 10.3. The molecule has 0 aliphatic heterocycles. The standard InChI is InChI=1S/C20H16ClN3O5S/c1-2-28-18(26)11-23-14-8-7-12(21)9-16(14)30-19(23)22-17(25)10-24-13-5-3-4-6-15(13)29-20(24)27/h3-9H,2,10-11H2,1H3. The van der Waals surface area contributed by atoms with E-state index in [-0.39, 0.29) is 19.7 Å². The van der Waals surface area contributed by atoms with Crippen LogP contribution in [0.25, 0.3) is 21.3 Å². The number of hydrogen-bond donors (Lipinski definition) is 0. The van der Waals surface area contributed by atoms with Crippen molar-refractivity contribution in [2.24, 2.45) is 4.99 Å². The SMILES string of the molecule is CCOC(=O)Cn1c(=NC(=O)Cn2c(=O)oc3ccccc32)sc2cc(Cl)ccc21. The molecule has 2 heterocycles. The Labute approximate surface area is 178 Å². The molecule has 0 fully saturated rings. The minimum Gasteiger partial charge on any atom is -0.465 e. The fraction of sp³-hybridized carbons (Fsp3) is 0.200. The second kappa shape index (κ2) is 8.29. The molecule has 0 N–H and O–H groups in total. The predicted octanol–water partition coefficient (Wildman–Crippen LogP) is 2.95. The second-order valence-electron chi connectivity index (χ2n) is 6.32. The van der Waals surface area contributed by atoms with Gasteiger partial charge < -0.3 is 13.7 Å². The van der Waals surface area contributed by atoms with Gasteiger partial charge in [-0.2, -0.15) is 4.99 Å². The van der Waals surface area contributed by atoms with Crippen LogP contribution in [-0.2, 0) is 27.4 Å². The van der Waals surface area contributed by atoms with E-state index in [1.165, 1.54) is 15.9 Å². The Kier molecular flexibility index (Phi) is 5.56. The number of carbonyl (C=O) groups excluding carboxylic acids is 2. The van der Waals surface area contributed by atoms with Gasteiger partial charge in [0, 0.05) is 5.02 Å². The molecule has 10 heteroatoms. The molecule has 0 radical (unpaired) electrons. The van der Waals surface area contributed by atoms with Gasteiger partial charge in [0.1, 0.15) is 13.1 Å². The van der Waals surface area contributed by atoms with Crippen LogP contribution in [0.2, 0.25) is 5.02 Å². The highest BCUT2D eigenvalue weighted by Crippen LogP contribution is 2.22. The maximum absolute atomic E-state index is 12.7. The van der Waals surface area contributed by atoms with Crippen LogP contribution in [0.5, 0.6) is 0 Å². The summed E-state index contributed by atoms with van der Waals surface area (Å²) in [6, 6.07) is 12.0. The van der Waals surface area contributed by atoms with Crippen LogP contribution < -0.4 is 10.6 Å². The summed E-state index contributed by atoms with van der Waals surface area (Å²) >= 11 is 7.29. The Morgan fingerprint density at radius 2 is 1.93 bits per heavy atom. The van der Waals surface area contributed by atoms with Gasteiger partial charge in [0.2, 0.25) is 0 Å². The van der Waals surface area contributed by atoms with E-state index in [1.54, 1.807) is 54.0 Å². The van der Waals surface area contributed by atoms with Crippen LogP contribution in [-0.4, -0.2) is 27.6 Å². The first-order valence-electron chi connectivity index (χ1n) is 9.06. The van der Waals surface area contributed by atoms with Crippen LogP contribution in [0.4, 0.5) is 0 Å². The smallest absolute Gasteiger partial charge is 0.420 e. The first-order valence-corrected chi connectivity index (χ1v) is 10.3. The molecular weight excluding hydrogens is 430 g/mol. The van der Waals surface area contributed by atoms with E-state index >= 15 is 0 Å². The van der Waals surface area contributed by atoms with Crippen molar-refractivity contribution in [1.82, 2.24) is 9.13 Å². The van der Waals surface area contributed by atoms with Crippen molar-refractivity contribution >= 4 is 56.1 Å². The van der Waals surface area contributed by atoms with Crippen LogP contribution in [0.3, 0.4) is 0 Å². The Hall–Kier alpha value is -3.17. The number of oxazole rings is 1. The monoisotopic (exact) mass is 445 g/mol. The minimum atomic E-state index is -0.637. The van der Waals surface area contributed by atoms with Gasteiger partial charge in [0.05, 0.1) is 22.3 Å². The van der Waals surface area contributed by atoms with Crippen LogP contribution in [0, 0.1) is 0 Å². The molecule has 0 bridgehead atoms.